The van der Waals surface area contributed by atoms with Crippen LogP contribution in [0.3, 0.4) is 0 Å². The van der Waals surface area contributed by atoms with Crippen molar-refractivity contribution in [2.24, 2.45) is 5.92 Å². The first-order chi connectivity index (χ1) is 9.15. The van der Waals surface area contributed by atoms with Crippen molar-refractivity contribution >= 4 is 23.2 Å². The predicted molar refractivity (Wildman–Crippen MR) is 79.1 cm³/mol. The Balaban J connectivity index is 1.93. The highest BCUT2D eigenvalue weighted by Crippen LogP contribution is 2.49. The summed E-state index contributed by atoms with van der Waals surface area (Å²) < 4.78 is 5.85. The van der Waals surface area contributed by atoms with Gasteiger partial charge < -0.3 is 10.1 Å². The van der Waals surface area contributed by atoms with Crippen LogP contribution < -0.4 is 5.32 Å². The van der Waals surface area contributed by atoms with Crippen molar-refractivity contribution in [1.29, 1.82) is 0 Å². The molecule has 4 heteroatoms. The molecule has 3 atom stereocenters. The van der Waals surface area contributed by atoms with E-state index in [1.807, 2.05) is 12.1 Å². The number of benzene rings is 1. The Hall–Kier alpha value is -0.280. The number of hydrogen-bond acceptors (Lipinski definition) is 2. The van der Waals surface area contributed by atoms with Gasteiger partial charge in [0.2, 0.25) is 0 Å². The van der Waals surface area contributed by atoms with Crippen LogP contribution in [-0.4, -0.2) is 25.8 Å². The van der Waals surface area contributed by atoms with Gasteiger partial charge in [0.25, 0.3) is 0 Å². The maximum atomic E-state index is 6.19. The maximum Gasteiger partial charge on any atom is 0.0595 e. The molecule has 3 rings (SSSR count). The smallest absolute Gasteiger partial charge is 0.0595 e. The molecule has 1 saturated heterocycles. The summed E-state index contributed by atoms with van der Waals surface area (Å²) in [5, 5.41) is 4.81. The molecule has 2 aliphatic rings. The van der Waals surface area contributed by atoms with Crippen LogP contribution in [0.5, 0.6) is 0 Å². The normalized spacial score (nSPS) is 33.6. The molecule has 1 aromatic carbocycles. The highest BCUT2D eigenvalue weighted by atomic mass is 35.5. The fraction of sp³-hybridized carbons (Fsp3) is 0.600. The summed E-state index contributed by atoms with van der Waals surface area (Å²) in [5.74, 6) is 0.640. The number of fused-ring (bicyclic) bond motifs is 1. The SMILES string of the molecule is CCOC1CC2CNCC2(c2ccc(Cl)c(Cl)c2)C1. The van der Waals surface area contributed by atoms with Gasteiger partial charge in [0.1, 0.15) is 0 Å². The fourth-order valence-corrected chi connectivity index (χ4v) is 4.09. The van der Waals surface area contributed by atoms with Crippen molar-refractivity contribution in [2.75, 3.05) is 19.7 Å². The molecular weight excluding hydrogens is 281 g/mol. The summed E-state index contributed by atoms with van der Waals surface area (Å²) in [6.07, 6.45) is 2.60. The number of nitrogens with one attached hydrogen (secondary N) is 1. The quantitative estimate of drug-likeness (QED) is 0.920. The first-order valence-electron chi connectivity index (χ1n) is 6.93. The number of ether oxygens (including phenoxy) is 1. The molecule has 0 spiro atoms. The third kappa shape index (κ3) is 2.29. The van der Waals surface area contributed by atoms with E-state index in [0.29, 0.717) is 22.1 Å². The fourth-order valence-electron chi connectivity index (χ4n) is 3.79. The highest BCUT2D eigenvalue weighted by molar-refractivity contribution is 6.42. The van der Waals surface area contributed by atoms with E-state index >= 15 is 0 Å². The standard InChI is InChI=1S/C15H19Cl2NO/c1-2-19-12-5-11-8-18-9-15(11,7-12)10-3-4-13(16)14(17)6-10/h3-4,6,11-12,18H,2,5,7-9H2,1H3. The van der Waals surface area contributed by atoms with Crippen LogP contribution in [0.1, 0.15) is 25.3 Å². The molecule has 3 unspecified atom stereocenters. The summed E-state index contributed by atoms with van der Waals surface area (Å²) in [4.78, 5) is 0. The van der Waals surface area contributed by atoms with E-state index in [-0.39, 0.29) is 5.41 Å². The Bertz CT molecular complexity index is 479. The summed E-state index contributed by atoms with van der Waals surface area (Å²) >= 11 is 12.2. The van der Waals surface area contributed by atoms with Crippen molar-refractivity contribution in [3.63, 3.8) is 0 Å². The van der Waals surface area contributed by atoms with Crippen LogP contribution in [0.15, 0.2) is 18.2 Å². The van der Waals surface area contributed by atoms with Crippen molar-refractivity contribution in [2.45, 2.75) is 31.3 Å². The van der Waals surface area contributed by atoms with Gasteiger partial charge in [-0.1, -0.05) is 29.3 Å². The summed E-state index contributed by atoms with van der Waals surface area (Å²) in [7, 11) is 0. The van der Waals surface area contributed by atoms with E-state index in [2.05, 4.69) is 18.3 Å². The van der Waals surface area contributed by atoms with Gasteiger partial charge in [0.15, 0.2) is 0 Å². The number of halogens is 2. The van der Waals surface area contributed by atoms with E-state index in [1.54, 1.807) is 0 Å². The molecule has 0 amide bonds. The average molecular weight is 300 g/mol. The minimum absolute atomic E-state index is 0.175. The Morgan fingerprint density at radius 2 is 2.21 bits per heavy atom. The zero-order valence-electron chi connectivity index (χ0n) is 11.1. The molecular formula is C15H19Cl2NO. The van der Waals surface area contributed by atoms with Crippen molar-refractivity contribution < 1.29 is 4.74 Å². The average Bonchev–Trinajstić information content (AvgIpc) is 2.90. The summed E-state index contributed by atoms with van der Waals surface area (Å²) in [6.45, 7) is 4.95. The van der Waals surface area contributed by atoms with Gasteiger partial charge in [-0.05, 0) is 49.9 Å². The monoisotopic (exact) mass is 299 g/mol. The number of rotatable bonds is 3. The van der Waals surface area contributed by atoms with Gasteiger partial charge in [0.05, 0.1) is 16.1 Å². The summed E-state index contributed by atoms with van der Waals surface area (Å²) in [6, 6.07) is 6.08. The lowest BCUT2D eigenvalue weighted by Crippen LogP contribution is -2.31. The van der Waals surface area contributed by atoms with Crippen LogP contribution in [0, 0.1) is 5.92 Å². The molecule has 19 heavy (non-hydrogen) atoms. The van der Waals surface area contributed by atoms with Gasteiger partial charge in [-0.2, -0.15) is 0 Å². The molecule has 1 aliphatic carbocycles. The van der Waals surface area contributed by atoms with Crippen molar-refractivity contribution in [3.05, 3.63) is 33.8 Å². The predicted octanol–water partition coefficient (Wildman–Crippen LogP) is 3.65. The van der Waals surface area contributed by atoms with E-state index in [1.165, 1.54) is 5.56 Å². The van der Waals surface area contributed by atoms with Crippen molar-refractivity contribution in [3.8, 4) is 0 Å². The molecule has 1 N–H and O–H groups in total. The lowest BCUT2D eigenvalue weighted by molar-refractivity contribution is 0.0613. The molecule has 2 fully saturated rings. The van der Waals surface area contributed by atoms with Crippen LogP contribution in [0.4, 0.5) is 0 Å². The van der Waals surface area contributed by atoms with Crippen LogP contribution in [-0.2, 0) is 10.2 Å². The second kappa shape index (κ2) is 5.25. The first kappa shape index (κ1) is 13.7. The minimum Gasteiger partial charge on any atom is -0.378 e. The lowest BCUT2D eigenvalue weighted by Gasteiger charge is -2.29. The van der Waals surface area contributed by atoms with Gasteiger partial charge in [0, 0.05) is 18.6 Å². The highest BCUT2D eigenvalue weighted by Gasteiger charge is 2.51. The lowest BCUT2D eigenvalue weighted by atomic mass is 9.74. The minimum atomic E-state index is 0.175. The van der Waals surface area contributed by atoms with Gasteiger partial charge >= 0.3 is 0 Å². The molecule has 104 valence electrons. The topological polar surface area (TPSA) is 21.3 Å². The Labute approximate surface area is 124 Å². The zero-order valence-corrected chi connectivity index (χ0v) is 12.6. The molecule has 1 aliphatic heterocycles. The molecule has 0 radical (unpaired) electrons. The second-order valence-electron chi connectivity index (χ2n) is 5.63. The van der Waals surface area contributed by atoms with Gasteiger partial charge in [-0.25, -0.2) is 0 Å². The van der Waals surface area contributed by atoms with E-state index in [4.69, 9.17) is 27.9 Å². The molecule has 1 saturated carbocycles. The van der Waals surface area contributed by atoms with Gasteiger partial charge in [-0.3, -0.25) is 0 Å². The largest absolute Gasteiger partial charge is 0.378 e. The Morgan fingerprint density at radius 3 is 2.95 bits per heavy atom. The Kier molecular flexibility index (Phi) is 3.78. The Morgan fingerprint density at radius 1 is 1.37 bits per heavy atom. The zero-order chi connectivity index (χ0) is 13.5. The third-order valence-corrected chi connectivity index (χ3v) is 5.39. The third-order valence-electron chi connectivity index (χ3n) is 4.65. The van der Waals surface area contributed by atoms with Crippen LogP contribution >= 0.6 is 23.2 Å². The van der Waals surface area contributed by atoms with E-state index in [0.717, 1.165) is 32.5 Å². The molecule has 2 nitrogen and oxygen atoms in total. The number of hydrogen-bond donors (Lipinski definition) is 1. The molecule has 1 aromatic rings. The van der Waals surface area contributed by atoms with Crippen molar-refractivity contribution in [1.82, 2.24) is 5.32 Å². The first-order valence-corrected chi connectivity index (χ1v) is 7.69. The second-order valence-corrected chi connectivity index (χ2v) is 6.44. The van der Waals surface area contributed by atoms with Crippen LogP contribution in [0.25, 0.3) is 0 Å². The maximum absolute atomic E-state index is 6.19. The van der Waals surface area contributed by atoms with E-state index in [9.17, 15) is 0 Å². The molecule has 0 aromatic heterocycles. The van der Waals surface area contributed by atoms with Crippen LogP contribution in [0.2, 0.25) is 10.0 Å². The van der Waals surface area contributed by atoms with Gasteiger partial charge in [-0.15, -0.1) is 0 Å². The summed E-state index contributed by atoms with van der Waals surface area (Å²) in [5.41, 5.74) is 1.48. The molecule has 1 heterocycles. The van der Waals surface area contributed by atoms with E-state index < -0.39 is 0 Å². The molecule has 0 bridgehead atoms.